The Morgan fingerprint density at radius 3 is 2.35 bits per heavy atom. The molecular formula is C23H36O3. The topological polar surface area (TPSA) is 35.5 Å². The van der Waals surface area contributed by atoms with Crippen LogP contribution in [0.2, 0.25) is 0 Å². The highest BCUT2D eigenvalue weighted by Crippen LogP contribution is 2.68. The fraction of sp³-hybridized carbons (Fsp3) is 0.957. The molecule has 1 aliphatic heterocycles. The average molecular weight is 361 g/mol. The van der Waals surface area contributed by atoms with Crippen molar-refractivity contribution in [2.24, 2.45) is 40.4 Å². The zero-order chi connectivity index (χ0) is 18.2. The van der Waals surface area contributed by atoms with E-state index in [4.69, 9.17) is 9.47 Å². The molecule has 146 valence electrons. The molecule has 0 radical (unpaired) electrons. The number of hydrogen-bond donors (Lipinski definition) is 0. The van der Waals surface area contributed by atoms with Crippen LogP contribution in [0.15, 0.2) is 0 Å². The summed E-state index contributed by atoms with van der Waals surface area (Å²) < 4.78 is 12.3. The summed E-state index contributed by atoms with van der Waals surface area (Å²) in [6, 6.07) is 0. The van der Waals surface area contributed by atoms with Crippen molar-refractivity contribution in [1.29, 1.82) is 0 Å². The Bertz CT molecular complexity index is 594. The number of ketones is 1. The second kappa shape index (κ2) is 5.80. The Morgan fingerprint density at radius 1 is 0.846 bits per heavy atom. The van der Waals surface area contributed by atoms with Crippen molar-refractivity contribution in [3.63, 3.8) is 0 Å². The summed E-state index contributed by atoms with van der Waals surface area (Å²) in [7, 11) is 0. The predicted octanol–water partition coefficient (Wildman–Crippen LogP) is 4.98. The Hall–Kier alpha value is -0.410. The number of Topliss-reactive ketones (excluding diaryl/α,β-unsaturated/α-hetero) is 1. The van der Waals surface area contributed by atoms with Gasteiger partial charge in [-0.2, -0.15) is 0 Å². The molecule has 5 fully saturated rings. The predicted molar refractivity (Wildman–Crippen MR) is 101 cm³/mol. The van der Waals surface area contributed by atoms with Gasteiger partial charge in [-0.05, 0) is 86.4 Å². The van der Waals surface area contributed by atoms with E-state index in [0.717, 1.165) is 50.2 Å². The molecule has 3 heteroatoms. The SMILES string of the molecule is CC1([C@H]2CCC3C4CCC5CC(=O)CC[C@]5(C)C4CC[C@@]32C)OCCO1. The molecule has 0 aromatic heterocycles. The van der Waals surface area contributed by atoms with Crippen molar-refractivity contribution in [3.05, 3.63) is 0 Å². The molecule has 1 saturated heterocycles. The zero-order valence-corrected chi connectivity index (χ0v) is 16.9. The van der Waals surface area contributed by atoms with E-state index in [9.17, 15) is 4.79 Å². The Kier molecular flexibility index (Phi) is 3.94. The minimum atomic E-state index is -0.352. The molecule has 3 nitrogen and oxygen atoms in total. The Morgan fingerprint density at radius 2 is 1.58 bits per heavy atom. The maximum atomic E-state index is 12.1. The van der Waals surface area contributed by atoms with Gasteiger partial charge in [-0.3, -0.25) is 4.79 Å². The molecule has 5 rings (SSSR count). The zero-order valence-electron chi connectivity index (χ0n) is 16.9. The van der Waals surface area contributed by atoms with E-state index < -0.39 is 0 Å². The van der Waals surface area contributed by atoms with Gasteiger partial charge in [0.15, 0.2) is 5.79 Å². The van der Waals surface area contributed by atoms with Crippen LogP contribution in [0.1, 0.15) is 78.6 Å². The largest absolute Gasteiger partial charge is 0.348 e. The third-order valence-electron chi connectivity index (χ3n) is 9.98. The van der Waals surface area contributed by atoms with E-state index in [2.05, 4.69) is 20.8 Å². The van der Waals surface area contributed by atoms with E-state index in [1.165, 1.54) is 38.5 Å². The van der Waals surface area contributed by atoms with Crippen LogP contribution in [-0.4, -0.2) is 24.8 Å². The van der Waals surface area contributed by atoms with E-state index >= 15 is 0 Å². The van der Waals surface area contributed by atoms with Gasteiger partial charge in [-0.25, -0.2) is 0 Å². The van der Waals surface area contributed by atoms with Crippen molar-refractivity contribution in [2.75, 3.05) is 13.2 Å². The number of hydrogen-bond acceptors (Lipinski definition) is 3. The minimum absolute atomic E-state index is 0.352. The molecule has 1 heterocycles. The summed E-state index contributed by atoms with van der Waals surface area (Å²) in [5.41, 5.74) is 0.786. The minimum Gasteiger partial charge on any atom is -0.348 e. The molecule has 4 unspecified atom stereocenters. The molecule has 26 heavy (non-hydrogen) atoms. The molecule has 5 aliphatic rings. The van der Waals surface area contributed by atoms with Crippen LogP contribution in [0.4, 0.5) is 0 Å². The van der Waals surface area contributed by atoms with Crippen LogP contribution in [0.3, 0.4) is 0 Å². The van der Waals surface area contributed by atoms with E-state index in [0.29, 0.717) is 28.4 Å². The van der Waals surface area contributed by atoms with Gasteiger partial charge in [0.1, 0.15) is 5.78 Å². The number of rotatable bonds is 1. The molecule has 4 saturated carbocycles. The van der Waals surface area contributed by atoms with E-state index in [1.807, 2.05) is 0 Å². The molecule has 0 aromatic rings. The number of carbonyl (C=O) groups excluding carboxylic acids is 1. The summed E-state index contributed by atoms with van der Waals surface area (Å²) >= 11 is 0. The molecule has 0 aromatic carbocycles. The lowest BCUT2D eigenvalue weighted by Gasteiger charge is -2.60. The quantitative estimate of drug-likeness (QED) is 0.662. The number of ether oxygens (including phenoxy) is 2. The van der Waals surface area contributed by atoms with Gasteiger partial charge in [0, 0.05) is 18.8 Å². The monoisotopic (exact) mass is 360 g/mol. The smallest absolute Gasteiger partial charge is 0.169 e. The van der Waals surface area contributed by atoms with Crippen LogP contribution in [-0.2, 0) is 14.3 Å². The second-order valence-corrected chi connectivity index (χ2v) is 10.8. The normalized spacial score (nSPS) is 53.0. The third kappa shape index (κ3) is 2.28. The van der Waals surface area contributed by atoms with E-state index in [1.54, 1.807) is 0 Å². The first-order valence-electron chi connectivity index (χ1n) is 11.2. The highest BCUT2D eigenvalue weighted by atomic mass is 16.7. The van der Waals surface area contributed by atoms with Crippen LogP contribution in [0.25, 0.3) is 0 Å². The van der Waals surface area contributed by atoms with Crippen molar-refractivity contribution in [1.82, 2.24) is 0 Å². The first-order chi connectivity index (χ1) is 12.4. The summed E-state index contributed by atoms with van der Waals surface area (Å²) in [4.78, 5) is 12.1. The van der Waals surface area contributed by atoms with Gasteiger partial charge in [0.05, 0.1) is 13.2 Å². The maximum Gasteiger partial charge on any atom is 0.169 e. The van der Waals surface area contributed by atoms with Crippen LogP contribution in [0.5, 0.6) is 0 Å². The van der Waals surface area contributed by atoms with Crippen LogP contribution < -0.4 is 0 Å². The Balaban J connectivity index is 1.42. The van der Waals surface area contributed by atoms with Gasteiger partial charge in [0.25, 0.3) is 0 Å². The average Bonchev–Trinajstić information content (AvgIpc) is 3.19. The molecule has 0 amide bonds. The highest BCUT2D eigenvalue weighted by Gasteiger charge is 2.63. The standard InChI is InChI=1S/C23H36O3/c1-21-10-8-16(24)14-15(21)4-5-17-18-6-7-20(23(3)25-12-13-26-23)22(18,2)11-9-19(17)21/h15,17-20H,4-14H2,1-3H3/t15?,17?,18?,19?,20-,21-,22-/m0/s1. The van der Waals surface area contributed by atoms with E-state index in [-0.39, 0.29) is 5.79 Å². The number of carbonyl (C=O) groups is 1. The summed E-state index contributed by atoms with van der Waals surface area (Å²) in [6.07, 6.45) is 10.8. The lowest BCUT2D eigenvalue weighted by molar-refractivity contribution is -0.217. The summed E-state index contributed by atoms with van der Waals surface area (Å²) in [5.74, 6) is 3.90. The summed E-state index contributed by atoms with van der Waals surface area (Å²) in [5, 5.41) is 0. The van der Waals surface area contributed by atoms with Gasteiger partial charge in [-0.1, -0.05) is 13.8 Å². The fourth-order valence-corrected chi connectivity index (χ4v) is 8.64. The van der Waals surface area contributed by atoms with Gasteiger partial charge in [0.2, 0.25) is 0 Å². The van der Waals surface area contributed by atoms with Gasteiger partial charge in [-0.15, -0.1) is 0 Å². The molecule has 0 bridgehead atoms. The van der Waals surface area contributed by atoms with Crippen LogP contribution >= 0.6 is 0 Å². The van der Waals surface area contributed by atoms with Gasteiger partial charge < -0.3 is 9.47 Å². The molecule has 7 atom stereocenters. The van der Waals surface area contributed by atoms with Crippen LogP contribution in [0, 0.1) is 40.4 Å². The first kappa shape index (κ1) is 17.7. The summed E-state index contributed by atoms with van der Waals surface area (Å²) in [6.45, 7) is 8.82. The highest BCUT2D eigenvalue weighted by molar-refractivity contribution is 5.79. The number of fused-ring (bicyclic) bond motifs is 5. The van der Waals surface area contributed by atoms with Crippen molar-refractivity contribution < 1.29 is 14.3 Å². The lowest BCUT2D eigenvalue weighted by Crippen LogP contribution is -2.55. The first-order valence-corrected chi connectivity index (χ1v) is 11.2. The second-order valence-electron chi connectivity index (χ2n) is 10.8. The maximum absolute atomic E-state index is 12.1. The Labute approximate surface area is 158 Å². The molecule has 0 spiro atoms. The molecular weight excluding hydrogens is 324 g/mol. The van der Waals surface area contributed by atoms with Crippen molar-refractivity contribution >= 4 is 5.78 Å². The lowest BCUT2D eigenvalue weighted by atomic mass is 9.44. The van der Waals surface area contributed by atoms with Crippen molar-refractivity contribution in [3.8, 4) is 0 Å². The van der Waals surface area contributed by atoms with Gasteiger partial charge >= 0.3 is 0 Å². The van der Waals surface area contributed by atoms with Crippen molar-refractivity contribution in [2.45, 2.75) is 84.3 Å². The third-order valence-corrected chi connectivity index (χ3v) is 9.98. The molecule has 4 aliphatic carbocycles. The molecule has 0 N–H and O–H groups in total. The fourth-order valence-electron chi connectivity index (χ4n) is 8.64.